The Labute approximate surface area is 184 Å². The molecule has 1 aliphatic rings. The van der Waals surface area contributed by atoms with Crippen molar-refractivity contribution in [2.45, 2.75) is 39.8 Å². The Morgan fingerprint density at radius 2 is 1.97 bits per heavy atom. The highest BCUT2D eigenvalue weighted by atomic mass is 16.5. The fraction of sp³-hybridized carbons (Fsp3) is 0.417. The molecule has 1 amide bonds. The van der Waals surface area contributed by atoms with E-state index in [2.05, 4.69) is 28.8 Å². The minimum Gasteiger partial charge on any atom is -0.493 e. The zero-order valence-electron chi connectivity index (χ0n) is 18.6. The summed E-state index contributed by atoms with van der Waals surface area (Å²) in [6.07, 6.45) is 1.62. The number of hydrogen-bond donors (Lipinski definition) is 2. The predicted octanol–water partition coefficient (Wildman–Crippen LogP) is 3.79. The number of rotatable bonds is 9. The van der Waals surface area contributed by atoms with Gasteiger partial charge in [0.05, 0.1) is 20.3 Å². The summed E-state index contributed by atoms with van der Waals surface area (Å²) < 4.78 is 11.0. The minimum atomic E-state index is 0.243. The smallest absolute Gasteiger partial charge is 0.222 e. The van der Waals surface area contributed by atoms with E-state index in [4.69, 9.17) is 14.5 Å². The third-order valence-electron chi connectivity index (χ3n) is 5.03. The lowest BCUT2D eigenvalue weighted by Crippen LogP contribution is -2.30. The molecule has 1 heterocycles. The molecule has 0 spiro atoms. The van der Waals surface area contributed by atoms with Crippen LogP contribution in [0.25, 0.3) is 0 Å². The fourth-order valence-electron chi connectivity index (χ4n) is 3.55. The molecule has 0 bridgehead atoms. The monoisotopic (exact) mass is 424 g/mol. The summed E-state index contributed by atoms with van der Waals surface area (Å²) in [6, 6.07) is 14.0. The Hall–Kier alpha value is -3.22. The van der Waals surface area contributed by atoms with Gasteiger partial charge in [-0.15, -0.1) is 0 Å². The second kappa shape index (κ2) is 11.2. The fourth-order valence-corrected chi connectivity index (χ4v) is 3.55. The van der Waals surface area contributed by atoms with Gasteiger partial charge in [-0.25, -0.2) is 4.99 Å². The summed E-state index contributed by atoms with van der Waals surface area (Å²) in [5, 5.41) is 6.60. The van der Waals surface area contributed by atoms with Crippen LogP contribution in [0.15, 0.2) is 47.5 Å². The number of nitrogens with one attached hydrogen (secondary N) is 2. The first kappa shape index (κ1) is 22.5. The van der Waals surface area contributed by atoms with Gasteiger partial charge in [-0.2, -0.15) is 0 Å². The molecule has 7 nitrogen and oxygen atoms in total. The first-order valence-electron chi connectivity index (χ1n) is 10.8. The molecule has 31 heavy (non-hydrogen) atoms. The summed E-state index contributed by atoms with van der Waals surface area (Å²) in [6.45, 7) is 7.35. The van der Waals surface area contributed by atoms with E-state index in [-0.39, 0.29) is 5.91 Å². The zero-order valence-corrected chi connectivity index (χ0v) is 18.6. The number of carbonyl (C=O) groups is 1. The highest BCUT2D eigenvalue weighted by Gasteiger charge is 2.19. The first-order valence-corrected chi connectivity index (χ1v) is 10.8. The molecule has 3 rings (SSSR count). The van der Waals surface area contributed by atoms with Crippen LogP contribution in [-0.4, -0.2) is 43.6 Å². The van der Waals surface area contributed by atoms with Crippen LogP contribution in [0.2, 0.25) is 0 Å². The average molecular weight is 425 g/mol. The van der Waals surface area contributed by atoms with Crippen LogP contribution < -0.4 is 20.1 Å². The summed E-state index contributed by atoms with van der Waals surface area (Å²) >= 11 is 0. The van der Waals surface area contributed by atoms with Crippen LogP contribution >= 0.6 is 0 Å². The number of methoxy groups -OCH3 is 1. The van der Waals surface area contributed by atoms with Gasteiger partial charge in [-0.3, -0.25) is 4.79 Å². The molecule has 2 aromatic rings. The van der Waals surface area contributed by atoms with Crippen LogP contribution in [0, 0.1) is 0 Å². The Morgan fingerprint density at radius 1 is 1.13 bits per heavy atom. The predicted molar refractivity (Wildman–Crippen MR) is 124 cm³/mol. The molecule has 1 saturated heterocycles. The van der Waals surface area contributed by atoms with Crippen LogP contribution in [-0.2, 0) is 17.9 Å². The van der Waals surface area contributed by atoms with E-state index >= 15 is 0 Å². The van der Waals surface area contributed by atoms with Crippen molar-refractivity contribution in [3.63, 3.8) is 0 Å². The van der Waals surface area contributed by atoms with Crippen LogP contribution in [0.4, 0.5) is 5.69 Å². The largest absolute Gasteiger partial charge is 0.493 e. The lowest BCUT2D eigenvalue weighted by Gasteiger charge is -2.16. The molecular formula is C24H32N4O3. The van der Waals surface area contributed by atoms with Crippen molar-refractivity contribution < 1.29 is 14.3 Å². The van der Waals surface area contributed by atoms with Gasteiger partial charge in [0.25, 0.3) is 0 Å². The van der Waals surface area contributed by atoms with E-state index < -0.39 is 0 Å². The van der Waals surface area contributed by atoms with E-state index in [1.807, 2.05) is 43.0 Å². The summed E-state index contributed by atoms with van der Waals surface area (Å²) in [7, 11) is 1.63. The standard InChI is InChI=1S/C24H32N4O3/c1-4-25-24(27-20-11-12-21(31-5-2)22(15-20)30-3)26-16-18-8-6-9-19(14-18)17-28-13-7-10-23(28)29/h6,8-9,11-12,14-15H,4-5,7,10,13,16-17H2,1-3H3,(H2,25,26,27). The molecule has 166 valence electrons. The molecule has 0 atom stereocenters. The molecular weight excluding hydrogens is 392 g/mol. The van der Waals surface area contributed by atoms with Crippen molar-refractivity contribution in [3.05, 3.63) is 53.6 Å². The maximum absolute atomic E-state index is 11.9. The molecule has 2 aromatic carbocycles. The number of aliphatic imine (C=N–C) groups is 1. The Bertz CT molecular complexity index is 913. The number of guanidine groups is 1. The summed E-state index contributed by atoms with van der Waals surface area (Å²) in [5.74, 6) is 2.32. The number of nitrogens with zero attached hydrogens (tertiary/aromatic N) is 2. The number of hydrogen-bond acceptors (Lipinski definition) is 4. The van der Waals surface area contributed by atoms with Gasteiger partial charge in [0.15, 0.2) is 17.5 Å². The van der Waals surface area contributed by atoms with Gasteiger partial charge in [0.2, 0.25) is 5.91 Å². The number of benzene rings is 2. The van der Waals surface area contributed by atoms with E-state index in [0.29, 0.717) is 43.6 Å². The number of carbonyl (C=O) groups excluding carboxylic acids is 1. The number of likely N-dealkylation sites (tertiary alicyclic amines) is 1. The van der Waals surface area contributed by atoms with Gasteiger partial charge in [-0.05, 0) is 43.5 Å². The number of anilines is 1. The Balaban J connectivity index is 1.68. The average Bonchev–Trinajstić information content (AvgIpc) is 3.18. The van der Waals surface area contributed by atoms with Crippen molar-refractivity contribution in [3.8, 4) is 11.5 Å². The molecule has 0 aromatic heterocycles. The normalized spacial score (nSPS) is 14.0. The lowest BCUT2D eigenvalue weighted by atomic mass is 10.1. The van der Waals surface area contributed by atoms with Crippen LogP contribution in [0.5, 0.6) is 11.5 Å². The summed E-state index contributed by atoms with van der Waals surface area (Å²) in [5.41, 5.74) is 3.10. The van der Waals surface area contributed by atoms with Gasteiger partial charge in [0, 0.05) is 37.8 Å². The maximum atomic E-state index is 11.9. The van der Waals surface area contributed by atoms with Crippen molar-refractivity contribution in [2.24, 2.45) is 4.99 Å². The van der Waals surface area contributed by atoms with Crippen molar-refractivity contribution in [1.29, 1.82) is 0 Å². The van der Waals surface area contributed by atoms with Crippen LogP contribution in [0.3, 0.4) is 0 Å². The van der Waals surface area contributed by atoms with Crippen molar-refractivity contribution in [1.82, 2.24) is 10.2 Å². The van der Waals surface area contributed by atoms with Crippen molar-refractivity contribution >= 4 is 17.6 Å². The second-order valence-electron chi connectivity index (χ2n) is 7.36. The topological polar surface area (TPSA) is 75.2 Å². The van der Waals surface area contributed by atoms with Crippen LogP contribution in [0.1, 0.15) is 37.8 Å². The molecule has 0 radical (unpaired) electrons. The van der Waals surface area contributed by atoms with Gasteiger partial charge in [-0.1, -0.05) is 24.3 Å². The highest BCUT2D eigenvalue weighted by Crippen LogP contribution is 2.30. The zero-order chi connectivity index (χ0) is 22.1. The SMILES string of the molecule is CCNC(=NCc1cccc(CN2CCCC2=O)c1)Nc1ccc(OCC)c(OC)c1. The second-order valence-corrected chi connectivity index (χ2v) is 7.36. The molecule has 1 aliphatic heterocycles. The quantitative estimate of drug-likeness (QED) is 0.473. The molecule has 7 heteroatoms. The summed E-state index contributed by atoms with van der Waals surface area (Å²) in [4.78, 5) is 18.5. The van der Waals surface area contributed by atoms with E-state index in [0.717, 1.165) is 36.3 Å². The van der Waals surface area contributed by atoms with E-state index in [9.17, 15) is 4.79 Å². The first-order chi connectivity index (χ1) is 15.1. The molecule has 1 fully saturated rings. The number of amides is 1. The van der Waals surface area contributed by atoms with Crippen molar-refractivity contribution in [2.75, 3.05) is 32.1 Å². The third kappa shape index (κ3) is 6.38. The van der Waals surface area contributed by atoms with E-state index in [1.165, 1.54) is 0 Å². The van der Waals surface area contributed by atoms with Gasteiger partial charge in [0.1, 0.15) is 0 Å². The Morgan fingerprint density at radius 3 is 2.68 bits per heavy atom. The third-order valence-corrected chi connectivity index (χ3v) is 5.03. The molecule has 0 unspecified atom stereocenters. The Kier molecular flexibility index (Phi) is 8.15. The molecule has 0 saturated carbocycles. The number of ether oxygens (including phenoxy) is 2. The molecule has 0 aliphatic carbocycles. The van der Waals surface area contributed by atoms with E-state index in [1.54, 1.807) is 7.11 Å². The molecule has 2 N–H and O–H groups in total. The highest BCUT2D eigenvalue weighted by molar-refractivity contribution is 5.93. The maximum Gasteiger partial charge on any atom is 0.222 e. The lowest BCUT2D eigenvalue weighted by molar-refractivity contribution is -0.128. The van der Waals surface area contributed by atoms with Gasteiger partial charge < -0.3 is 25.0 Å². The van der Waals surface area contributed by atoms with Gasteiger partial charge >= 0.3 is 0 Å². The minimum absolute atomic E-state index is 0.243.